The maximum atomic E-state index is 13.4. The molecule has 35 heavy (non-hydrogen) atoms. The zero-order valence-electron chi connectivity index (χ0n) is 19.3. The number of primary amides is 1. The molecule has 2 saturated heterocycles. The molecule has 2 aliphatic rings. The molecule has 2 fully saturated rings. The van der Waals surface area contributed by atoms with Crippen LogP contribution < -0.4 is 11.1 Å². The minimum absolute atomic E-state index is 0.00225. The van der Waals surface area contributed by atoms with Crippen LogP contribution in [0.1, 0.15) is 47.7 Å². The standard InChI is InChI=1S/C23H27F3N6O3/c1-15(33)28-19-4-8-32(29-19)21(35)31-10-6-22(7-11-31)5-9-30(14-22)13-16-2-3-17(20(27)34)18(12-16)23(24,25)26/h2-4,8,12H,5-7,9-11,13-14H2,1H3,(H2,27,34)(H,28,29,33). The number of aromatic nitrogens is 2. The normalized spacial score (nSPS) is 18.1. The molecule has 188 valence electrons. The third kappa shape index (κ3) is 5.47. The fourth-order valence-corrected chi connectivity index (χ4v) is 4.96. The third-order valence-corrected chi connectivity index (χ3v) is 6.76. The van der Waals surface area contributed by atoms with Gasteiger partial charge < -0.3 is 16.0 Å². The molecule has 0 aliphatic carbocycles. The van der Waals surface area contributed by atoms with E-state index in [1.165, 1.54) is 23.9 Å². The first-order chi connectivity index (χ1) is 16.5. The number of nitrogens with zero attached hydrogens (tertiary/aromatic N) is 4. The average Bonchev–Trinajstić information content (AvgIpc) is 3.40. The number of alkyl halides is 3. The predicted molar refractivity (Wildman–Crippen MR) is 120 cm³/mol. The van der Waals surface area contributed by atoms with Gasteiger partial charge in [-0.15, -0.1) is 5.10 Å². The highest BCUT2D eigenvalue weighted by Crippen LogP contribution is 2.41. The minimum atomic E-state index is -4.66. The molecule has 1 aromatic carbocycles. The van der Waals surface area contributed by atoms with Gasteiger partial charge in [-0.3, -0.25) is 14.5 Å². The lowest BCUT2D eigenvalue weighted by atomic mass is 9.78. The quantitative estimate of drug-likeness (QED) is 0.682. The Labute approximate surface area is 200 Å². The molecule has 0 radical (unpaired) electrons. The van der Waals surface area contributed by atoms with Crippen LogP contribution in [0.5, 0.6) is 0 Å². The van der Waals surface area contributed by atoms with E-state index >= 15 is 0 Å². The summed E-state index contributed by atoms with van der Waals surface area (Å²) in [5.41, 5.74) is 4.04. The summed E-state index contributed by atoms with van der Waals surface area (Å²) in [6.45, 7) is 4.27. The Balaban J connectivity index is 1.35. The van der Waals surface area contributed by atoms with E-state index in [0.717, 1.165) is 44.5 Å². The van der Waals surface area contributed by atoms with Crippen LogP contribution in [0.3, 0.4) is 0 Å². The number of carbonyl (C=O) groups is 3. The molecule has 3 heterocycles. The van der Waals surface area contributed by atoms with Crippen LogP contribution in [0.2, 0.25) is 0 Å². The first kappa shape index (κ1) is 24.7. The summed E-state index contributed by atoms with van der Waals surface area (Å²) in [4.78, 5) is 39.2. The van der Waals surface area contributed by atoms with Crippen LogP contribution in [0.25, 0.3) is 0 Å². The molecule has 2 aromatic rings. The van der Waals surface area contributed by atoms with Crippen molar-refractivity contribution < 1.29 is 27.6 Å². The van der Waals surface area contributed by atoms with Crippen molar-refractivity contribution in [1.29, 1.82) is 0 Å². The topological polar surface area (TPSA) is 114 Å². The highest BCUT2D eigenvalue weighted by atomic mass is 19.4. The number of nitrogens with two attached hydrogens (primary N) is 1. The molecule has 3 amide bonds. The van der Waals surface area contributed by atoms with Gasteiger partial charge >= 0.3 is 12.2 Å². The van der Waals surface area contributed by atoms with E-state index in [-0.39, 0.29) is 17.4 Å². The number of halogens is 3. The lowest BCUT2D eigenvalue weighted by molar-refractivity contribution is -0.138. The molecule has 3 N–H and O–H groups in total. The number of anilines is 1. The van der Waals surface area contributed by atoms with Gasteiger partial charge in [0.2, 0.25) is 11.8 Å². The Hall–Kier alpha value is -3.41. The Morgan fingerprint density at radius 2 is 1.80 bits per heavy atom. The van der Waals surface area contributed by atoms with Crippen molar-refractivity contribution in [1.82, 2.24) is 19.6 Å². The van der Waals surface area contributed by atoms with Crippen LogP contribution in [0, 0.1) is 5.41 Å². The summed E-state index contributed by atoms with van der Waals surface area (Å²) >= 11 is 0. The van der Waals surface area contributed by atoms with Gasteiger partial charge in [-0.25, -0.2) is 4.79 Å². The summed E-state index contributed by atoms with van der Waals surface area (Å²) in [6.07, 6.45) is -0.695. The molecule has 0 atom stereocenters. The van der Waals surface area contributed by atoms with E-state index in [1.54, 1.807) is 11.0 Å². The second-order valence-electron chi connectivity index (χ2n) is 9.30. The molecular formula is C23H27F3N6O3. The van der Waals surface area contributed by atoms with Crippen LogP contribution in [0.4, 0.5) is 23.8 Å². The molecule has 12 heteroatoms. The smallest absolute Gasteiger partial charge is 0.366 e. The second kappa shape index (κ2) is 9.33. The lowest BCUT2D eigenvalue weighted by Gasteiger charge is -2.39. The van der Waals surface area contributed by atoms with E-state index in [9.17, 15) is 27.6 Å². The van der Waals surface area contributed by atoms with Crippen molar-refractivity contribution in [3.05, 3.63) is 47.2 Å². The number of rotatable bonds is 4. The Morgan fingerprint density at radius 3 is 2.43 bits per heavy atom. The SMILES string of the molecule is CC(=O)Nc1ccn(C(=O)N2CCC3(CCN(Cc4ccc(C(N)=O)c(C(F)(F)F)c4)C3)CC2)n1. The fourth-order valence-electron chi connectivity index (χ4n) is 4.96. The maximum absolute atomic E-state index is 13.4. The minimum Gasteiger partial charge on any atom is -0.366 e. The summed E-state index contributed by atoms with van der Waals surface area (Å²) in [5.74, 6) is -1.07. The zero-order valence-corrected chi connectivity index (χ0v) is 19.3. The van der Waals surface area contributed by atoms with Crippen molar-refractivity contribution in [3.63, 3.8) is 0 Å². The number of hydrogen-bond acceptors (Lipinski definition) is 5. The second-order valence-corrected chi connectivity index (χ2v) is 9.30. The lowest BCUT2D eigenvalue weighted by Crippen LogP contribution is -2.45. The van der Waals surface area contributed by atoms with E-state index in [2.05, 4.69) is 15.3 Å². The Bertz CT molecular complexity index is 1140. The molecule has 1 aromatic heterocycles. The van der Waals surface area contributed by atoms with Crippen molar-refractivity contribution in [2.75, 3.05) is 31.5 Å². The summed E-state index contributed by atoms with van der Waals surface area (Å²) in [6, 6.07) is 4.95. The highest BCUT2D eigenvalue weighted by molar-refractivity contribution is 5.94. The van der Waals surface area contributed by atoms with Crippen molar-refractivity contribution in [2.45, 2.75) is 38.9 Å². The number of hydrogen-bond donors (Lipinski definition) is 2. The van der Waals surface area contributed by atoms with E-state index < -0.39 is 23.2 Å². The van der Waals surface area contributed by atoms with Gasteiger partial charge in [-0.2, -0.15) is 17.9 Å². The number of likely N-dealkylation sites (tertiary alicyclic amines) is 2. The van der Waals surface area contributed by atoms with E-state index in [4.69, 9.17) is 5.73 Å². The van der Waals surface area contributed by atoms with Crippen LogP contribution in [0.15, 0.2) is 30.5 Å². The number of amides is 3. The van der Waals surface area contributed by atoms with Gasteiger partial charge in [0.15, 0.2) is 5.82 Å². The average molecular weight is 493 g/mol. The van der Waals surface area contributed by atoms with E-state index in [0.29, 0.717) is 31.0 Å². The monoisotopic (exact) mass is 492 g/mol. The van der Waals surface area contributed by atoms with Crippen LogP contribution in [-0.2, 0) is 17.5 Å². The third-order valence-electron chi connectivity index (χ3n) is 6.76. The molecule has 1 spiro atoms. The van der Waals surface area contributed by atoms with Gasteiger partial charge in [0.1, 0.15) is 0 Å². The number of nitrogens with one attached hydrogen (secondary N) is 1. The van der Waals surface area contributed by atoms with Gasteiger partial charge in [0.25, 0.3) is 0 Å². The fraction of sp³-hybridized carbons (Fsp3) is 0.478. The van der Waals surface area contributed by atoms with Gasteiger partial charge in [0.05, 0.1) is 11.1 Å². The van der Waals surface area contributed by atoms with Gasteiger partial charge in [-0.1, -0.05) is 6.07 Å². The van der Waals surface area contributed by atoms with Crippen LogP contribution in [-0.4, -0.2) is 63.6 Å². The van der Waals surface area contributed by atoms with Crippen molar-refractivity contribution >= 4 is 23.7 Å². The number of piperidine rings is 1. The predicted octanol–water partition coefficient (Wildman–Crippen LogP) is 2.92. The first-order valence-corrected chi connectivity index (χ1v) is 11.3. The molecule has 0 unspecified atom stereocenters. The van der Waals surface area contributed by atoms with Gasteiger partial charge in [-0.05, 0) is 48.9 Å². The molecule has 9 nitrogen and oxygen atoms in total. The Morgan fingerprint density at radius 1 is 1.11 bits per heavy atom. The molecule has 0 bridgehead atoms. The maximum Gasteiger partial charge on any atom is 0.417 e. The summed E-state index contributed by atoms with van der Waals surface area (Å²) < 4.78 is 41.4. The largest absolute Gasteiger partial charge is 0.417 e. The van der Waals surface area contributed by atoms with Crippen molar-refractivity contribution in [2.24, 2.45) is 11.1 Å². The van der Waals surface area contributed by atoms with Gasteiger partial charge in [0, 0.05) is 45.4 Å². The van der Waals surface area contributed by atoms with E-state index in [1.807, 2.05) is 0 Å². The number of benzene rings is 1. The molecule has 0 saturated carbocycles. The molecule has 2 aliphatic heterocycles. The first-order valence-electron chi connectivity index (χ1n) is 11.3. The Kier molecular flexibility index (Phi) is 6.58. The highest BCUT2D eigenvalue weighted by Gasteiger charge is 2.42. The molecular weight excluding hydrogens is 465 g/mol. The van der Waals surface area contributed by atoms with Crippen molar-refractivity contribution in [3.8, 4) is 0 Å². The summed E-state index contributed by atoms with van der Waals surface area (Å²) in [5, 5.41) is 6.63. The van der Waals surface area contributed by atoms with Crippen LogP contribution >= 0.6 is 0 Å². The zero-order chi connectivity index (χ0) is 25.4. The summed E-state index contributed by atoms with van der Waals surface area (Å²) in [7, 11) is 0. The molecule has 4 rings (SSSR count). The number of carbonyl (C=O) groups excluding carboxylic acids is 3.